The molecule has 0 unspecified atom stereocenters. The van der Waals surface area contributed by atoms with Gasteiger partial charge in [0.25, 0.3) is 0 Å². The van der Waals surface area contributed by atoms with E-state index in [-0.39, 0.29) is 0 Å². The van der Waals surface area contributed by atoms with E-state index in [1.165, 1.54) is 11.1 Å². The lowest BCUT2D eigenvalue weighted by molar-refractivity contribution is 0.530. The van der Waals surface area contributed by atoms with Crippen molar-refractivity contribution in [1.29, 1.82) is 0 Å². The SMILES string of the molecule is Cc1cc(CNCC(C)C)cnc1SCc1ccco1. The molecule has 0 spiro atoms. The van der Waals surface area contributed by atoms with Crippen LogP contribution in [0.4, 0.5) is 0 Å². The minimum atomic E-state index is 0.673. The number of hydrogen-bond acceptors (Lipinski definition) is 4. The van der Waals surface area contributed by atoms with E-state index in [0.29, 0.717) is 5.92 Å². The van der Waals surface area contributed by atoms with Crippen molar-refractivity contribution in [3.05, 3.63) is 47.5 Å². The van der Waals surface area contributed by atoms with E-state index in [2.05, 4.69) is 37.1 Å². The quantitative estimate of drug-likeness (QED) is 0.782. The summed E-state index contributed by atoms with van der Waals surface area (Å²) < 4.78 is 5.34. The van der Waals surface area contributed by atoms with Crippen LogP contribution in [0.3, 0.4) is 0 Å². The van der Waals surface area contributed by atoms with Gasteiger partial charge in [-0.2, -0.15) is 0 Å². The molecular formula is C16H22N2OS. The molecule has 2 rings (SSSR count). The van der Waals surface area contributed by atoms with Crippen LogP contribution in [-0.4, -0.2) is 11.5 Å². The standard InChI is InChI=1S/C16H22N2OS/c1-12(2)8-17-9-14-7-13(3)16(18-10-14)20-11-15-5-4-6-19-15/h4-7,10,12,17H,8-9,11H2,1-3H3. The van der Waals surface area contributed by atoms with Crippen LogP contribution in [0, 0.1) is 12.8 Å². The lowest BCUT2D eigenvalue weighted by Gasteiger charge is -2.09. The normalized spacial score (nSPS) is 11.2. The summed E-state index contributed by atoms with van der Waals surface area (Å²) in [7, 11) is 0. The van der Waals surface area contributed by atoms with Crippen molar-refractivity contribution in [1.82, 2.24) is 10.3 Å². The topological polar surface area (TPSA) is 38.1 Å². The first-order valence-corrected chi connectivity index (χ1v) is 7.95. The number of rotatable bonds is 7. The van der Waals surface area contributed by atoms with Gasteiger partial charge in [0.2, 0.25) is 0 Å². The van der Waals surface area contributed by atoms with Crippen LogP contribution >= 0.6 is 11.8 Å². The summed E-state index contributed by atoms with van der Waals surface area (Å²) in [5, 5.41) is 4.52. The van der Waals surface area contributed by atoms with Crippen LogP contribution in [0.2, 0.25) is 0 Å². The van der Waals surface area contributed by atoms with Gasteiger partial charge < -0.3 is 9.73 Å². The Bertz CT molecular complexity index is 523. The lowest BCUT2D eigenvalue weighted by Crippen LogP contribution is -2.19. The zero-order valence-electron chi connectivity index (χ0n) is 12.3. The number of thioether (sulfide) groups is 1. The average Bonchev–Trinajstić information content (AvgIpc) is 2.90. The van der Waals surface area contributed by atoms with E-state index in [1.807, 2.05) is 18.3 Å². The molecule has 0 aliphatic heterocycles. The Balaban J connectivity index is 1.88. The second-order valence-corrected chi connectivity index (χ2v) is 6.32. The van der Waals surface area contributed by atoms with Gasteiger partial charge in [-0.05, 0) is 42.6 Å². The summed E-state index contributed by atoms with van der Waals surface area (Å²) in [5.41, 5.74) is 2.47. The fraction of sp³-hybridized carbons (Fsp3) is 0.438. The summed E-state index contributed by atoms with van der Waals surface area (Å²) in [6.45, 7) is 8.46. The third kappa shape index (κ3) is 4.69. The van der Waals surface area contributed by atoms with Crippen LogP contribution in [0.15, 0.2) is 40.1 Å². The van der Waals surface area contributed by atoms with Gasteiger partial charge in [-0.15, -0.1) is 0 Å². The molecule has 108 valence electrons. The van der Waals surface area contributed by atoms with Crippen LogP contribution in [-0.2, 0) is 12.3 Å². The lowest BCUT2D eigenvalue weighted by atomic mass is 10.2. The maximum Gasteiger partial charge on any atom is 0.114 e. The largest absolute Gasteiger partial charge is 0.468 e. The van der Waals surface area contributed by atoms with E-state index < -0.39 is 0 Å². The Morgan fingerprint density at radius 1 is 1.40 bits per heavy atom. The van der Waals surface area contributed by atoms with Crippen LogP contribution < -0.4 is 5.32 Å². The van der Waals surface area contributed by atoms with E-state index in [0.717, 1.165) is 29.6 Å². The summed E-state index contributed by atoms with van der Waals surface area (Å²) >= 11 is 1.72. The Hall–Kier alpha value is -1.26. The zero-order chi connectivity index (χ0) is 14.4. The number of aromatic nitrogens is 1. The van der Waals surface area contributed by atoms with Crippen molar-refractivity contribution in [2.45, 2.75) is 38.1 Å². The molecule has 0 radical (unpaired) electrons. The monoisotopic (exact) mass is 290 g/mol. The van der Waals surface area contributed by atoms with Gasteiger partial charge >= 0.3 is 0 Å². The number of aryl methyl sites for hydroxylation is 1. The first-order chi connectivity index (χ1) is 9.65. The van der Waals surface area contributed by atoms with Crippen molar-refractivity contribution in [2.75, 3.05) is 6.54 Å². The van der Waals surface area contributed by atoms with Gasteiger partial charge in [0.05, 0.1) is 17.0 Å². The van der Waals surface area contributed by atoms with Crippen molar-refractivity contribution < 1.29 is 4.42 Å². The van der Waals surface area contributed by atoms with Gasteiger partial charge in [-0.25, -0.2) is 4.98 Å². The van der Waals surface area contributed by atoms with Gasteiger partial charge in [0.1, 0.15) is 5.76 Å². The van der Waals surface area contributed by atoms with E-state index in [9.17, 15) is 0 Å². The first kappa shape index (κ1) is 15.1. The average molecular weight is 290 g/mol. The van der Waals surface area contributed by atoms with E-state index >= 15 is 0 Å². The van der Waals surface area contributed by atoms with Gasteiger partial charge in [0.15, 0.2) is 0 Å². The van der Waals surface area contributed by atoms with E-state index in [4.69, 9.17) is 4.42 Å². The smallest absolute Gasteiger partial charge is 0.114 e. The Labute approximate surface area is 125 Å². The molecule has 0 saturated heterocycles. The number of hydrogen-bond donors (Lipinski definition) is 1. The number of pyridine rings is 1. The molecule has 4 heteroatoms. The second kappa shape index (κ2) is 7.50. The number of nitrogens with zero attached hydrogens (tertiary/aromatic N) is 1. The van der Waals surface area contributed by atoms with Crippen molar-refractivity contribution in [3.8, 4) is 0 Å². The van der Waals surface area contributed by atoms with Gasteiger partial charge in [-0.1, -0.05) is 31.7 Å². The molecule has 0 aromatic carbocycles. The molecule has 0 saturated carbocycles. The number of nitrogens with one attached hydrogen (secondary N) is 1. The molecule has 3 nitrogen and oxygen atoms in total. The first-order valence-electron chi connectivity index (χ1n) is 6.96. The molecule has 0 aliphatic rings. The highest BCUT2D eigenvalue weighted by atomic mass is 32.2. The van der Waals surface area contributed by atoms with Crippen LogP contribution in [0.1, 0.15) is 30.7 Å². The van der Waals surface area contributed by atoms with Crippen LogP contribution in [0.25, 0.3) is 0 Å². The minimum Gasteiger partial charge on any atom is -0.468 e. The molecule has 2 heterocycles. The summed E-state index contributed by atoms with van der Waals surface area (Å²) in [5.74, 6) is 2.48. The molecular weight excluding hydrogens is 268 g/mol. The number of furan rings is 1. The summed E-state index contributed by atoms with van der Waals surface area (Å²) in [6, 6.07) is 6.12. The third-order valence-corrected chi connectivity index (χ3v) is 4.03. The fourth-order valence-electron chi connectivity index (χ4n) is 1.91. The maximum absolute atomic E-state index is 5.34. The molecule has 20 heavy (non-hydrogen) atoms. The molecule has 0 aliphatic carbocycles. The highest BCUT2D eigenvalue weighted by Crippen LogP contribution is 2.24. The van der Waals surface area contributed by atoms with E-state index in [1.54, 1.807) is 18.0 Å². The molecule has 2 aromatic rings. The molecule has 0 bridgehead atoms. The van der Waals surface area contributed by atoms with Crippen LogP contribution in [0.5, 0.6) is 0 Å². The molecule has 2 aromatic heterocycles. The summed E-state index contributed by atoms with van der Waals surface area (Å²) in [6.07, 6.45) is 3.67. The third-order valence-electron chi connectivity index (χ3n) is 2.90. The fourth-order valence-corrected chi connectivity index (χ4v) is 2.76. The zero-order valence-corrected chi connectivity index (χ0v) is 13.2. The Kier molecular flexibility index (Phi) is 5.68. The van der Waals surface area contributed by atoms with Crippen molar-refractivity contribution >= 4 is 11.8 Å². The predicted molar refractivity (Wildman–Crippen MR) is 83.8 cm³/mol. The highest BCUT2D eigenvalue weighted by Gasteiger charge is 2.05. The molecule has 0 fully saturated rings. The Morgan fingerprint density at radius 3 is 2.90 bits per heavy atom. The van der Waals surface area contributed by atoms with Crippen molar-refractivity contribution in [3.63, 3.8) is 0 Å². The van der Waals surface area contributed by atoms with Gasteiger partial charge in [-0.3, -0.25) is 0 Å². The predicted octanol–water partition coefficient (Wildman–Crippen LogP) is 4.02. The highest BCUT2D eigenvalue weighted by molar-refractivity contribution is 7.98. The van der Waals surface area contributed by atoms with Gasteiger partial charge in [0, 0.05) is 12.7 Å². The van der Waals surface area contributed by atoms with Crippen molar-refractivity contribution in [2.24, 2.45) is 5.92 Å². The summed E-state index contributed by atoms with van der Waals surface area (Å²) in [4.78, 5) is 4.56. The Morgan fingerprint density at radius 2 is 2.25 bits per heavy atom. The molecule has 0 atom stereocenters. The molecule has 1 N–H and O–H groups in total. The molecule has 0 amide bonds. The maximum atomic E-state index is 5.34. The second-order valence-electron chi connectivity index (χ2n) is 5.36. The minimum absolute atomic E-state index is 0.673.